The van der Waals surface area contributed by atoms with Gasteiger partial charge in [0.2, 0.25) is 0 Å². The minimum atomic E-state index is -4.05. The smallest absolute Gasteiger partial charge is 0.258 e. The number of nitriles is 1. The Morgan fingerprint density at radius 2 is 1.95 bits per heavy atom. The molecule has 112 valence electrons. The molecule has 8 heteroatoms. The summed E-state index contributed by atoms with van der Waals surface area (Å²) in [5.41, 5.74) is -0.460. The summed E-state index contributed by atoms with van der Waals surface area (Å²) in [5, 5.41) is 19.9. The molecule has 1 aromatic carbocycles. The molecule has 7 nitrogen and oxygen atoms in total. The standard InChI is InChI=1S/C13H15N3O4S/c14-9-10-15(11-5-1-2-6-11)21(19,20)13-8-4-3-7-12(13)16(17)18/h3-4,7-8,11H,1-2,5-6,10H2. The Kier molecular flexibility index (Phi) is 4.55. The maximum atomic E-state index is 12.7. The number of nitro groups is 1. The van der Waals surface area contributed by atoms with Gasteiger partial charge in [0.15, 0.2) is 4.90 Å². The first kappa shape index (κ1) is 15.4. The summed E-state index contributed by atoms with van der Waals surface area (Å²) in [6.45, 7) is -0.293. The molecule has 0 radical (unpaired) electrons. The maximum Gasteiger partial charge on any atom is 0.289 e. The molecule has 0 heterocycles. The number of hydrogen-bond acceptors (Lipinski definition) is 5. The Hall–Kier alpha value is -1.98. The van der Waals surface area contributed by atoms with Gasteiger partial charge >= 0.3 is 0 Å². The number of rotatable bonds is 5. The van der Waals surface area contributed by atoms with Crippen molar-refractivity contribution in [1.29, 1.82) is 5.26 Å². The third-order valence-corrected chi connectivity index (χ3v) is 5.55. The molecule has 0 aromatic heterocycles. The van der Waals surface area contributed by atoms with E-state index < -0.39 is 20.6 Å². The zero-order valence-corrected chi connectivity index (χ0v) is 12.1. The van der Waals surface area contributed by atoms with Crippen molar-refractivity contribution in [3.8, 4) is 6.07 Å². The van der Waals surface area contributed by atoms with Gasteiger partial charge in [-0.1, -0.05) is 25.0 Å². The van der Waals surface area contributed by atoms with Crippen LogP contribution in [0.2, 0.25) is 0 Å². The average molecular weight is 309 g/mol. The van der Waals surface area contributed by atoms with Crippen LogP contribution in [0.1, 0.15) is 25.7 Å². The van der Waals surface area contributed by atoms with Crippen LogP contribution in [0.25, 0.3) is 0 Å². The van der Waals surface area contributed by atoms with Crippen LogP contribution in [0.4, 0.5) is 5.69 Å². The number of benzene rings is 1. The van der Waals surface area contributed by atoms with Gasteiger partial charge in [-0.3, -0.25) is 10.1 Å². The monoisotopic (exact) mass is 309 g/mol. The summed E-state index contributed by atoms with van der Waals surface area (Å²) in [6.07, 6.45) is 3.17. The maximum absolute atomic E-state index is 12.7. The lowest BCUT2D eigenvalue weighted by Crippen LogP contribution is -2.39. The van der Waals surface area contributed by atoms with Gasteiger partial charge in [-0.2, -0.15) is 9.57 Å². The molecule has 1 saturated carbocycles. The summed E-state index contributed by atoms with van der Waals surface area (Å²) < 4.78 is 26.5. The first-order valence-electron chi connectivity index (χ1n) is 6.60. The second kappa shape index (κ2) is 6.20. The van der Waals surface area contributed by atoms with Gasteiger partial charge in [-0.15, -0.1) is 0 Å². The van der Waals surface area contributed by atoms with Gasteiger partial charge in [-0.25, -0.2) is 8.42 Å². The molecule has 2 rings (SSSR count). The summed E-state index contributed by atoms with van der Waals surface area (Å²) in [4.78, 5) is 9.96. The van der Waals surface area contributed by atoms with Crippen LogP contribution < -0.4 is 0 Å². The lowest BCUT2D eigenvalue weighted by molar-refractivity contribution is -0.387. The summed E-state index contributed by atoms with van der Waals surface area (Å²) in [5.74, 6) is 0. The van der Waals surface area contributed by atoms with Gasteiger partial charge < -0.3 is 0 Å². The van der Waals surface area contributed by atoms with E-state index in [9.17, 15) is 18.5 Å². The third-order valence-electron chi connectivity index (χ3n) is 3.61. The van der Waals surface area contributed by atoms with Crippen molar-refractivity contribution in [2.45, 2.75) is 36.6 Å². The zero-order chi connectivity index (χ0) is 15.5. The first-order valence-corrected chi connectivity index (χ1v) is 8.04. The normalized spacial score (nSPS) is 16.0. The van der Waals surface area contributed by atoms with E-state index in [-0.39, 0.29) is 17.5 Å². The van der Waals surface area contributed by atoms with Gasteiger partial charge in [0.25, 0.3) is 15.7 Å². The van der Waals surface area contributed by atoms with Crippen molar-refractivity contribution in [2.75, 3.05) is 6.54 Å². The minimum absolute atomic E-state index is 0.255. The molecule has 0 bridgehead atoms. The molecule has 0 aliphatic heterocycles. The quantitative estimate of drug-likeness (QED) is 0.470. The number of nitro benzene ring substituents is 1. The zero-order valence-electron chi connectivity index (χ0n) is 11.3. The van der Waals surface area contributed by atoms with Crippen LogP contribution in [-0.2, 0) is 10.0 Å². The summed E-state index contributed by atoms with van der Waals surface area (Å²) >= 11 is 0. The Morgan fingerprint density at radius 1 is 1.33 bits per heavy atom. The molecular weight excluding hydrogens is 294 g/mol. The Bertz CT molecular complexity index is 675. The van der Waals surface area contributed by atoms with Gasteiger partial charge in [0.1, 0.15) is 6.54 Å². The average Bonchev–Trinajstić information content (AvgIpc) is 2.98. The molecular formula is C13H15N3O4S. The van der Waals surface area contributed by atoms with E-state index in [1.807, 2.05) is 6.07 Å². The Labute approximate surface area is 123 Å². The summed E-state index contributed by atoms with van der Waals surface area (Å²) in [6, 6.07) is 6.83. The van der Waals surface area contributed by atoms with Gasteiger partial charge in [-0.05, 0) is 18.9 Å². The molecule has 0 spiro atoms. The number of hydrogen-bond donors (Lipinski definition) is 0. The van der Waals surface area contributed by atoms with E-state index in [1.165, 1.54) is 18.2 Å². The molecule has 21 heavy (non-hydrogen) atoms. The van der Waals surface area contributed by atoms with E-state index in [2.05, 4.69) is 0 Å². The van der Waals surface area contributed by atoms with Crippen LogP contribution in [-0.4, -0.2) is 30.2 Å². The molecule has 1 fully saturated rings. The van der Waals surface area contributed by atoms with E-state index in [0.717, 1.165) is 23.2 Å². The third kappa shape index (κ3) is 3.04. The largest absolute Gasteiger partial charge is 0.289 e. The van der Waals surface area contributed by atoms with Crippen molar-refractivity contribution in [2.24, 2.45) is 0 Å². The molecule has 0 amide bonds. The number of sulfonamides is 1. The lowest BCUT2D eigenvalue weighted by atomic mass is 10.2. The molecule has 0 saturated heterocycles. The van der Waals surface area contributed by atoms with E-state index in [4.69, 9.17) is 5.26 Å². The number of nitrogens with zero attached hydrogens (tertiary/aromatic N) is 3. The fourth-order valence-corrected chi connectivity index (χ4v) is 4.37. The predicted molar refractivity (Wildman–Crippen MR) is 74.9 cm³/mol. The van der Waals surface area contributed by atoms with Gasteiger partial charge in [0.05, 0.1) is 11.0 Å². The van der Waals surface area contributed by atoms with Crippen LogP contribution in [0.3, 0.4) is 0 Å². The fourth-order valence-electron chi connectivity index (χ4n) is 2.62. The Morgan fingerprint density at radius 3 is 2.52 bits per heavy atom. The summed E-state index contributed by atoms with van der Waals surface area (Å²) in [7, 11) is -4.05. The van der Waals surface area contributed by atoms with Crippen LogP contribution in [0.5, 0.6) is 0 Å². The molecule has 1 aliphatic rings. The highest BCUT2D eigenvalue weighted by atomic mass is 32.2. The topological polar surface area (TPSA) is 104 Å². The first-order chi connectivity index (χ1) is 9.98. The second-order valence-electron chi connectivity index (χ2n) is 4.87. The molecule has 1 aromatic rings. The van der Waals surface area contributed by atoms with E-state index in [1.54, 1.807) is 0 Å². The molecule has 0 N–H and O–H groups in total. The van der Waals surface area contributed by atoms with Crippen molar-refractivity contribution >= 4 is 15.7 Å². The highest BCUT2D eigenvalue weighted by Gasteiger charge is 2.36. The second-order valence-corrected chi connectivity index (χ2v) is 6.73. The highest BCUT2D eigenvalue weighted by Crippen LogP contribution is 2.31. The van der Waals surface area contributed by atoms with E-state index >= 15 is 0 Å². The van der Waals surface area contributed by atoms with Crippen molar-refractivity contribution < 1.29 is 13.3 Å². The van der Waals surface area contributed by atoms with Crippen molar-refractivity contribution in [3.05, 3.63) is 34.4 Å². The SMILES string of the molecule is N#CCN(C1CCCC1)S(=O)(=O)c1ccccc1[N+](=O)[O-]. The van der Waals surface area contributed by atoms with E-state index in [0.29, 0.717) is 12.8 Å². The predicted octanol–water partition coefficient (Wildman–Crippen LogP) is 2.05. The van der Waals surface area contributed by atoms with Crippen LogP contribution >= 0.6 is 0 Å². The van der Waals surface area contributed by atoms with Gasteiger partial charge in [0, 0.05) is 12.1 Å². The number of para-hydroxylation sites is 1. The van der Waals surface area contributed by atoms with Crippen LogP contribution in [0.15, 0.2) is 29.2 Å². The molecule has 1 aliphatic carbocycles. The van der Waals surface area contributed by atoms with Crippen molar-refractivity contribution in [1.82, 2.24) is 4.31 Å². The molecule has 0 unspecified atom stereocenters. The Balaban J connectivity index is 2.48. The fraction of sp³-hybridized carbons (Fsp3) is 0.462. The minimum Gasteiger partial charge on any atom is -0.258 e. The van der Waals surface area contributed by atoms with Crippen molar-refractivity contribution in [3.63, 3.8) is 0 Å². The highest BCUT2D eigenvalue weighted by molar-refractivity contribution is 7.89. The lowest BCUT2D eigenvalue weighted by Gasteiger charge is -2.25. The van der Waals surface area contributed by atoms with Crippen LogP contribution in [0, 0.1) is 21.4 Å². The molecule has 0 atom stereocenters.